The lowest BCUT2D eigenvalue weighted by Gasteiger charge is -2.19. The molecule has 0 atom stereocenters. The summed E-state index contributed by atoms with van der Waals surface area (Å²) in [5.74, 6) is 0. The topological polar surface area (TPSA) is 92.3 Å². The highest BCUT2D eigenvalue weighted by Gasteiger charge is 2.24. The van der Waals surface area contributed by atoms with Gasteiger partial charge in [-0.15, -0.1) is 0 Å². The zero-order valence-corrected chi connectivity index (χ0v) is 18.6. The number of hydrogen-bond acceptors (Lipinski definition) is 4. The zero-order chi connectivity index (χ0) is 21.1. The van der Waals surface area contributed by atoms with Crippen molar-refractivity contribution in [3.05, 3.63) is 52.6 Å². The summed E-state index contributed by atoms with van der Waals surface area (Å²) in [5.41, 5.74) is 3.52. The summed E-state index contributed by atoms with van der Waals surface area (Å²) in [7, 11) is -7.42. The number of anilines is 2. The molecule has 0 saturated heterocycles. The fraction of sp³-hybridized carbons (Fsp3) is 0.400. The van der Waals surface area contributed by atoms with Crippen molar-refractivity contribution in [1.29, 1.82) is 0 Å². The first-order valence-electron chi connectivity index (χ1n) is 9.15. The van der Waals surface area contributed by atoms with Crippen LogP contribution >= 0.6 is 0 Å². The number of rotatable bonds is 8. The normalized spacial score (nSPS) is 12.0. The number of benzene rings is 2. The molecule has 6 nitrogen and oxygen atoms in total. The Kier molecular flexibility index (Phi) is 6.77. The van der Waals surface area contributed by atoms with Gasteiger partial charge in [0.2, 0.25) is 10.0 Å². The number of hydrogen-bond donors (Lipinski definition) is 2. The van der Waals surface area contributed by atoms with Crippen molar-refractivity contribution in [2.75, 3.05) is 15.7 Å². The van der Waals surface area contributed by atoms with E-state index >= 15 is 0 Å². The minimum absolute atomic E-state index is 0.0827. The Bertz CT molecular complexity index is 1060. The average molecular weight is 425 g/mol. The second-order valence-electron chi connectivity index (χ2n) is 7.12. The van der Waals surface area contributed by atoms with Crippen molar-refractivity contribution in [2.24, 2.45) is 0 Å². The summed E-state index contributed by atoms with van der Waals surface area (Å²) in [4.78, 5) is 0.0827. The zero-order valence-electron chi connectivity index (χ0n) is 17.0. The smallest absolute Gasteiger partial charge is 0.262 e. The lowest BCUT2D eigenvalue weighted by molar-refractivity contribution is 0.599. The van der Waals surface area contributed by atoms with E-state index in [9.17, 15) is 16.8 Å². The van der Waals surface area contributed by atoms with E-state index in [1.807, 2.05) is 12.1 Å². The summed E-state index contributed by atoms with van der Waals surface area (Å²) >= 11 is 0. The van der Waals surface area contributed by atoms with Gasteiger partial charge in [-0.2, -0.15) is 0 Å². The van der Waals surface area contributed by atoms with Crippen LogP contribution in [0.1, 0.15) is 42.0 Å². The van der Waals surface area contributed by atoms with Gasteiger partial charge in [0, 0.05) is 5.69 Å². The third-order valence-corrected chi connectivity index (χ3v) is 6.73. The number of aryl methyl sites for hydroxylation is 3. The van der Waals surface area contributed by atoms with Gasteiger partial charge in [0.25, 0.3) is 10.0 Å². The van der Waals surface area contributed by atoms with Gasteiger partial charge in [-0.25, -0.2) is 16.8 Å². The Morgan fingerprint density at radius 3 is 2.04 bits per heavy atom. The average Bonchev–Trinajstić information content (AvgIpc) is 2.56. The van der Waals surface area contributed by atoms with E-state index in [-0.39, 0.29) is 4.90 Å². The van der Waals surface area contributed by atoms with Crippen LogP contribution in [-0.4, -0.2) is 23.1 Å². The lowest BCUT2D eigenvalue weighted by Crippen LogP contribution is -2.19. The Labute approximate surface area is 168 Å². The highest BCUT2D eigenvalue weighted by atomic mass is 32.2. The van der Waals surface area contributed by atoms with Crippen molar-refractivity contribution in [3.63, 3.8) is 0 Å². The van der Waals surface area contributed by atoms with E-state index in [0.29, 0.717) is 28.1 Å². The first kappa shape index (κ1) is 22.2. The van der Waals surface area contributed by atoms with Crippen LogP contribution in [0.5, 0.6) is 0 Å². The molecule has 8 heteroatoms. The first-order chi connectivity index (χ1) is 12.9. The molecule has 0 aliphatic heterocycles. The highest BCUT2D eigenvalue weighted by Crippen LogP contribution is 2.32. The van der Waals surface area contributed by atoms with E-state index in [0.717, 1.165) is 31.1 Å². The molecule has 2 aromatic rings. The summed E-state index contributed by atoms with van der Waals surface area (Å²) in [6.45, 7) is 7.18. The molecule has 0 aliphatic carbocycles. The molecule has 154 valence electrons. The Morgan fingerprint density at radius 1 is 0.893 bits per heavy atom. The molecule has 0 saturated carbocycles. The molecule has 0 fully saturated rings. The molecule has 0 aromatic heterocycles. The minimum atomic E-state index is -3.88. The van der Waals surface area contributed by atoms with Crippen LogP contribution in [0.2, 0.25) is 0 Å². The molecular weight excluding hydrogens is 396 g/mol. The van der Waals surface area contributed by atoms with Crippen molar-refractivity contribution in [1.82, 2.24) is 0 Å². The molecular formula is C20H28N2O4S2. The maximum atomic E-state index is 13.0. The number of nitrogens with one attached hydrogen (secondary N) is 2. The molecule has 0 aliphatic rings. The second kappa shape index (κ2) is 8.53. The molecule has 28 heavy (non-hydrogen) atoms. The van der Waals surface area contributed by atoms with E-state index in [1.165, 1.54) is 0 Å². The summed E-state index contributed by atoms with van der Waals surface area (Å²) < 4.78 is 54.5. The van der Waals surface area contributed by atoms with Crippen LogP contribution in [0.25, 0.3) is 0 Å². The van der Waals surface area contributed by atoms with Crippen molar-refractivity contribution in [2.45, 2.75) is 51.9 Å². The van der Waals surface area contributed by atoms with Gasteiger partial charge in [0.05, 0.1) is 16.8 Å². The fourth-order valence-corrected chi connectivity index (χ4v) is 5.47. The van der Waals surface area contributed by atoms with Crippen LogP contribution < -0.4 is 9.44 Å². The Balaban J connectivity index is 2.41. The van der Waals surface area contributed by atoms with Crippen LogP contribution in [0.15, 0.2) is 35.2 Å². The van der Waals surface area contributed by atoms with Gasteiger partial charge >= 0.3 is 0 Å². The van der Waals surface area contributed by atoms with Crippen LogP contribution in [0.3, 0.4) is 0 Å². The molecule has 0 spiro atoms. The Morgan fingerprint density at radius 2 is 1.50 bits per heavy atom. The van der Waals surface area contributed by atoms with E-state index in [4.69, 9.17) is 0 Å². The summed E-state index contributed by atoms with van der Waals surface area (Å²) in [6.07, 6.45) is 4.19. The van der Waals surface area contributed by atoms with Gasteiger partial charge in [-0.05, 0) is 68.0 Å². The summed E-state index contributed by atoms with van der Waals surface area (Å²) in [5, 5.41) is 0. The van der Waals surface area contributed by atoms with Crippen LogP contribution in [0.4, 0.5) is 11.4 Å². The first-order valence-corrected chi connectivity index (χ1v) is 12.5. The minimum Gasteiger partial charge on any atom is -0.283 e. The molecule has 0 unspecified atom stereocenters. The van der Waals surface area contributed by atoms with E-state index in [1.54, 1.807) is 39.0 Å². The quantitative estimate of drug-likeness (QED) is 0.666. The third-order valence-electron chi connectivity index (χ3n) is 4.48. The predicted octanol–water partition coefficient (Wildman–Crippen LogP) is 4.13. The SMILES string of the molecule is CCCCc1ccc(NS(=O)(=O)c2c(C)cc(C)c(NS(C)(=O)=O)c2C)cc1. The second-order valence-corrected chi connectivity index (χ2v) is 10.5. The van der Waals surface area contributed by atoms with Crippen molar-refractivity contribution >= 4 is 31.4 Å². The highest BCUT2D eigenvalue weighted by molar-refractivity contribution is 7.93. The van der Waals surface area contributed by atoms with Gasteiger partial charge in [0.15, 0.2) is 0 Å². The number of unbranched alkanes of at least 4 members (excludes halogenated alkanes) is 1. The Hall–Kier alpha value is -2.06. The largest absolute Gasteiger partial charge is 0.283 e. The molecule has 2 N–H and O–H groups in total. The molecule has 0 heterocycles. The summed E-state index contributed by atoms with van der Waals surface area (Å²) in [6, 6.07) is 9.00. The molecule has 0 bridgehead atoms. The third kappa shape index (κ3) is 5.48. The van der Waals surface area contributed by atoms with Crippen LogP contribution in [0, 0.1) is 20.8 Å². The fourth-order valence-electron chi connectivity index (χ4n) is 3.25. The molecule has 2 rings (SSSR count). The molecule has 2 aromatic carbocycles. The maximum Gasteiger partial charge on any atom is 0.262 e. The van der Waals surface area contributed by atoms with Crippen molar-refractivity contribution in [3.8, 4) is 0 Å². The molecule has 0 amide bonds. The van der Waals surface area contributed by atoms with Crippen LogP contribution in [-0.2, 0) is 26.5 Å². The standard InChI is InChI=1S/C20H28N2O4S2/c1-6-7-8-17-9-11-18(12-10-17)21-28(25,26)20-15(3)13-14(2)19(16(20)4)22-27(5,23)24/h9-13,21-22H,6-8H2,1-5H3. The van der Waals surface area contributed by atoms with E-state index < -0.39 is 20.0 Å². The monoisotopic (exact) mass is 424 g/mol. The predicted molar refractivity (Wildman–Crippen MR) is 115 cm³/mol. The van der Waals surface area contributed by atoms with E-state index in [2.05, 4.69) is 16.4 Å². The van der Waals surface area contributed by atoms with Gasteiger partial charge in [0.1, 0.15) is 0 Å². The van der Waals surface area contributed by atoms with Gasteiger partial charge in [-0.3, -0.25) is 9.44 Å². The van der Waals surface area contributed by atoms with Gasteiger partial charge in [-0.1, -0.05) is 31.5 Å². The lowest BCUT2D eigenvalue weighted by atomic mass is 10.1. The van der Waals surface area contributed by atoms with Crippen molar-refractivity contribution < 1.29 is 16.8 Å². The maximum absolute atomic E-state index is 13.0. The molecule has 0 radical (unpaired) electrons. The number of sulfonamides is 2. The van der Waals surface area contributed by atoms with Gasteiger partial charge < -0.3 is 0 Å².